The van der Waals surface area contributed by atoms with Crippen LogP contribution in [-0.2, 0) is 21.6 Å². The summed E-state index contributed by atoms with van der Waals surface area (Å²) < 4.78 is 11.1. The van der Waals surface area contributed by atoms with Crippen molar-refractivity contribution in [2.45, 2.75) is 44.6 Å². The van der Waals surface area contributed by atoms with Crippen LogP contribution in [0.5, 0.6) is 5.75 Å². The summed E-state index contributed by atoms with van der Waals surface area (Å²) in [5.74, 6) is -0.336. The maximum atomic E-state index is 12.7. The van der Waals surface area contributed by atoms with Crippen LogP contribution in [0, 0.1) is 18.3 Å². The Balaban J connectivity index is 1.41. The lowest BCUT2D eigenvalue weighted by Crippen LogP contribution is -2.46. The maximum Gasteiger partial charge on any atom is 0.338 e. The van der Waals surface area contributed by atoms with E-state index in [1.54, 1.807) is 24.3 Å². The number of carbonyl (C=O) groups is 2. The Labute approximate surface area is 217 Å². The molecule has 7 nitrogen and oxygen atoms in total. The van der Waals surface area contributed by atoms with Gasteiger partial charge in [0, 0.05) is 12.0 Å². The number of hydrogen-bond donors (Lipinski definition) is 3. The number of benzene rings is 3. The van der Waals surface area contributed by atoms with E-state index >= 15 is 0 Å². The molecule has 3 aromatic rings. The van der Waals surface area contributed by atoms with E-state index in [1.807, 2.05) is 61.5 Å². The van der Waals surface area contributed by atoms with E-state index < -0.39 is 0 Å². The predicted molar refractivity (Wildman–Crippen MR) is 142 cm³/mol. The summed E-state index contributed by atoms with van der Waals surface area (Å²) in [5, 5.41) is 10.6. The highest BCUT2D eigenvalue weighted by Gasteiger charge is 2.39. The van der Waals surface area contributed by atoms with E-state index in [9.17, 15) is 9.59 Å². The van der Waals surface area contributed by atoms with Gasteiger partial charge in [-0.1, -0.05) is 60.2 Å². The Hall–Kier alpha value is -4.13. The normalized spacial score (nSPS) is 19.0. The summed E-state index contributed by atoms with van der Waals surface area (Å²) >= 11 is 0. The Kier molecular flexibility index (Phi) is 8.23. The number of nitrogens with two attached hydrogens (primary N) is 1. The third-order valence-corrected chi connectivity index (χ3v) is 7.08. The predicted octanol–water partition coefficient (Wildman–Crippen LogP) is 4.87. The molecule has 0 amide bonds. The molecule has 37 heavy (non-hydrogen) atoms. The zero-order chi connectivity index (χ0) is 26.3. The summed E-state index contributed by atoms with van der Waals surface area (Å²) in [7, 11) is 0. The highest BCUT2D eigenvalue weighted by Crippen LogP contribution is 2.42. The number of rotatable bonds is 8. The summed E-state index contributed by atoms with van der Waals surface area (Å²) in [5.41, 5.74) is 8.88. The lowest BCUT2D eigenvalue weighted by molar-refractivity contribution is -0.140. The van der Waals surface area contributed by atoms with Crippen molar-refractivity contribution in [1.82, 2.24) is 5.32 Å². The molecule has 0 spiro atoms. The standard InChI is InChI=1S/C30H33N3O4/c1-21-7-9-22(10-8-21)19-36-27(34)23-11-13-25(14-12-23)30(20-33-29(31)32)17-15-24(16-18-30)28(35)37-26-5-3-2-4-6-26/h2-14,24H,15-20H2,1H3,(H4,31,32,33). The summed E-state index contributed by atoms with van der Waals surface area (Å²) in [6, 6.07) is 24.4. The van der Waals surface area contributed by atoms with E-state index in [4.69, 9.17) is 20.6 Å². The number of aryl methyl sites for hydroxylation is 1. The van der Waals surface area contributed by atoms with Crippen molar-refractivity contribution in [2.75, 3.05) is 6.54 Å². The zero-order valence-electron chi connectivity index (χ0n) is 21.0. The molecule has 192 valence electrons. The maximum absolute atomic E-state index is 12.7. The fourth-order valence-corrected chi connectivity index (χ4v) is 4.80. The number of hydrogen-bond acceptors (Lipinski definition) is 5. The van der Waals surface area contributed by atoms with Gasteiger partial charge in [0.1, 0.15) is 12.4 Å². The molecule has 0 unspecified atom stereocenters. The van der Waals surface area contributed by atoms with Crippen LogP contribution < -0.4 is 15.8 Å². The van der Waals surface area contributed by atoms with Crippen LogP contribution in [0.15, 0.2) is 78.9 Å². The minimum absolute atomic E-state index is 0.0960. The Morgan fingerprint density at radius 2 is 1.62 bits per heavy atom. The zero-order valence-corrected chi connectivity index (χ0v) is 21.0. The van der Waals surface area contributed by atoms with Gasteiger partial charge in [0.25, 0.3) is 0 Å². The first kappa shape index (κ1) is 25.9. The number of guanidine groups is 1. The van der Waals surface area contributed by atoms with Crippen LogP contribution in [-0.4, -0.2) is 24.4 Å². The summed E-state index contributed by atoms with van der Waals surface area (Å²) in [4.78, 5) is 25.3. The largest absolute Gasteiger partial charge is 0.457 e. The van der Waals surface area contributed by atoms with Crippen LogP contribution in [0.4, 0.5) is 0 Å². The molecule has 3 aromatic carbocycles. The molecule has 1 saturated carbocycles. The monoisotopic (exact) mass is 499 g/mol. The first-order valence-electron chi connectivity index (χ1n) is 12.5. The van der Waals surface area contributed by atoms with Crippen molar-refractivity contribution in [3.05, 3.63) is 101 Å². The Morgan fingerprint density at radius 1 is 0.973 bits per heavy atom. The third-order valence-electron chi connectivity index (χ3n) is 7.08. The molecule has 1 aliphatic carbocycles. The van der Waals surface area contributed by atoms with Crippen molar-refractivity contribution in [2.24, 2.45) is 11.7 Å². The van der Waals surface area contributed by atoms with Gasteiger partial charge in [-0.3, -0.25) is 10.2 Å². The molecule has 1 fully saturated rings. The highest BCUT2D eigenvalue weighted by molar-refractivity contribution is 5.89. The molecule has 4 rings (SSSR count). The van der Waals surface area contributed by atoms with E-state index in [0.717, 1.165) is 29.5 Å². The highest BCUT2D eigenvalue weighted by atomic mass is 16.5. The molecule has 1 aliphatic rings. The van der Waals surface area contributed by atoms with Crippen molar-refractivity contribution in [3.63, 3.8) is 0 Å². The van der Waals surface area contributed by atoms with Crippen LogP contribution >= 0.6 is 0 Å². The lowest BCUT2D eigenvalue weighted by atomic mass is 9.66. The fraction of sp³-hybridized carbons (Fsp3) is 0.300. The van der Waals surface area contributed by atoms with Gasteiger partial charge >= 0.3 is 11.9 Å². The van der Waals surface area contributed by atoms with E-state index in [0.29, 0.717) is 30.7 Å². The number of para-hydroxylation sites is 1. The van der Waals surface area contributed by atoms with Crippen LogP contribution in [0.3, 0.4) is 0 Å². The van der Waals surface area contributed by atoms with E-state index in [-0.39, 0.29) is 35.8 Å². The fourth-order valence-electron chi connectivity index (χ4n) is 4.80. The SMILES string of the molecule is Cc1ccc(COC(=O)c2ccc(C3(CNC(=N)N)CCC(C(=O)Oc4ccccc4)CC3)cc2)cc1. The van der Waals surface area contributed by atoms with Gasteiger partial charge in [-0.2, -0.15) is 0 Å². The molecule has 7 heteroatoms. The molecule has 0 heterocycles. The van der Waals surface area contributed by atoms with E-state index in [2.05, 4.69) is 5.32 Å². The number of esters is 2. The van der Waals surface area contributed by atoms with Gasteiger partial charge in [0.15, 0.2) is 5.96 Å². The minimum atomic E-state index is -0.379. The number of nitrogens with one attached hydrogen (secondary N) is 2. The van der Waals surface area contributed by atoms with Gasteiger partial charge in [-0.05, 0) is 68.0 Å². The van der Waals surface area contributed by atoms with Gasteiger partial charge in [-0.25, -0.2) is 4.79 Å². The molecule has 0 aromatic heterocycles. The number of ether oxygens (including phenoxy) is 2. The first-order chi connectivity index (χ1) is 17.8. The van der Waals surface area contributed by atoms with Crippen molar-refractivity contribution in [3.8, 4) is 5.75 Å². The Morgan fingerprint density at radius 3 is 2.24 bits per heavy atom. The molecule has 0 bridgehead atoms. The van der Waals surface area contributed by atoms with Gasteiger partial charge in [0.05, 0.1) is 11.5 Å². The second-order valence-corrected chi connectivity index (χ2v) is 9.70. The molecule has 0 atom stereocenters. The van der Waals surface area contributed by atoms with Gasteiger partial charge in [-0.15, -0.1) is 0 Å². The van der Waals surface area contributed by atoms with Crippen LogP contribution in [0.1, 0.15) is 52.7 Å². The quantitative estimate of drug-likeness (QED) is 0.176. The Bertz CT molecular complexity index is 1220. The summed E-state index contributed by atoms with van der Waals surface area (Å²) in [6.45, 7) is 2.70. The van der Waals surface area contributed by atoms with Crippen LogP contribution in [0.25, 0.3) is 0 Å². The third kappa shape index (κ3) is 6.76. The van der Waals surface area contributed by atoms with Gasteiger partial charge < -0.3 is 20.5 Å². The molecule has 0 radical (unpaired) electrons. The van der Waals surface area contributed by atoms with E-state index in [1.165, 1.54) is 0 Å². The average molecular weight is 500 g/mol. The molecule has 0 aliphatic heterocycles. The van der Waals surface area contributed by atoms with Gasteiger partial charge in [0.2, 0.25) is 0 Å². The molecule has 4 N–H and O–H groups in total. The molecular weight excluding hydrogens is 466 g/mol. The average Bonchev–Trinajstić information content (AvgIpc) is 2.92. The first-order valence-corrected chi connectivity index (χ1v) is 12.5. The molecule has 0 saturated heterocycles. The second-order valence-electron chi connectivity index (χ2n) is 9.70. The van der Waals surface area contributed by atoms with Crippen molar-refractivity contribution >= 4 is 17.9 Å². The van der Waals surface area contributed by atoms with Crippen LogP contribution in [0.2, 0.25) is 0 Å². The van der Waals surface area contributed by atoms with Crippen molar-refractivity contribution < 1.29 is 19.1 Å². The number of carbonyl (C=O) groups excluding carboxylic acids is 2. The molecular formula is C30H33N3O4. The minimum Gasteiger partial charge on any atom is -0.457 e. The smallest absolute Gasteiger partial charge is 0.338 e. The lowest BCUT2D eigenvalue weighted by Gasteiger charge is -2.40. The van der Waals surface area contributed by atoms with Crippen molar-refractivity contribution in [1.29, 1.82) is 5.41 Å². The second kappa shape index (κ2) is 11.7. The summed E-state index contributed by atoms with van der Waals surface area (Å²) in [6.07, 6.45) is 2.76. The topological polar surface area (TPSA) is 115 Å².